The van der Waals surface area contributed by atoms with E-state index >= 15 is 0 Å². The highest BCUT2D eigenvalue weighted by Gasteiger charge is 2.27. The predicted octanol–water partition coefficient (Wildman–Crippen LogP) is 4.41. The SMILES string of the molecule is CC.CC(C)C(C)(C)OC(=O)N[C@H](CCO)Cc1ccccc1.[HH]. The van der Waals surface area contributed by atoms with Crippen LogP contribution in [0.25, 0.3) is 0 Å². The third kappa shape index (κ3) is 8.60. The van der Waals surface area contributed by atoms with Crippen LogP contribution in [0.15, 0.2) is 30.3 Å². The number of ether oxygens (including phenoxy) is 1. The molecule has 0 radical (unpaired) electrons. The molecule has 0 bridgehead atoms. The molecule has 0 fully saturated rings. The van der Waals surface area contributed by atoms with Crippen molar-refractivity contribution in [2.24, 2.45) is 5.92 Å². The fraction of sp³-hybridized carbons (Fsp3) is 0.632. The minimum absolute atomic E-state index is 0. The molecule has 0 spiro atoms. The van der Waals surface area contributed by atoms with E-state index < -0.39 is 11.7 Å². The van der Waals surface area contributed by atoms with E-state index in [9.17, 15) is 4.79 Å². The topological polar surface area (TPSA) is 58.6 Å². The first-order valence-electron chi connectivity index (χ1n) is 8.49. The second-order valence-electron chi connectivity index (χ2n) is 6.19. The van der Waals surface area contributed by atoms with E-state index in [4.69, 9.17) is 9.84 Å². The maximum atomic E-state index is 12.0. The van der Waals surface area contributed by atoms with Crippen molar-refractivity contribution in [3.8, 4) is 0 Å². The Morgan fingerprint density at radius 1 is 1.26 bits per heavy atom. The molecule has 0 aromatic heterocycles. The van der Waals surface area contributed by atoms with E-state index in [-0.39, 0.29) is 20.0 Å². The van der Waals surface area contributed by atoms with Crippen molar-refractivity contribution < 1.29 is 16.1 Å². The van der Waals surface area contributed by atoms with Crippen LogP contribution in [0, 0.1) is 5.92 Å². The molecule has 0 saturated heterocycles. The summed E-state index contributed by atoms with van der Waals surface area (Å²) in [4.78, 5) is 12.0. The molecule has 1 aromatic rings. The number of aliphatic hydroxyl groups excluding tert-OH is 1. The van der Waals surface area contributed by atoms with Crippen LogP contribution in [-0.4, -0.2) is 29.4 Å². The number of hydrogen-bond donors (Lipinski definition) is 2. The Morgan fingerprint density at radius 2 is 1.83 bits per heavy atom. The van der Waals surface area contributed by atoms with Crippen molar-refractivity contribution >= 4 is 6.09 Å². The van der Waals surface area contributed by atoms with Gasteiger partial charge in [-0.15, -0.1) is 0 Å². The highest BCUT2D eigenvalue weighted by molar-refractivity contribution is 5.68. The second-order valence-corrected chi connectivity index (χ2v) is 6.19. The quantitative estimate of drug-likeness (QED) is 0.780. The lowest BCUT2D eigenvalue weighted by atomic mass is 9.95. The Kier molecular flexibility index (Phi) is 10.3. The number of carbonyl (C=O) groups excluding carboxylic acids is 1. The van der Waals surface area contributed by atoms with Gasteiger partial charge in [-0.3, -0.25) is 0 Å². The number of amides is 1. The van der Waals surface area contributed by atoms with Crippen LogP contribution in [0.4, 0.5) is 4.79 Å². The number of carbonyl (C=O) groups is 1. The second kappa shape index (κ2) is 11.1. The molecule has 0 aliphatic heterocycles. The third-order valence-corrected chi connectivity index (χ3v) is 3.87. The zero-order chi connectivity index (χ0) is 17.9. The monoisotopic (exact) mass is 325 g/mol. The molecule has 0 unspecified atom stereocenters. The van der Waals surface area contributed by atoms with E-state index in [0.717, 1.165) is 5.56 Å². The molecule has 4 heteroatoms. The molecule has 0 aliphatic carbocycles. The molecule has 23 heavy (non-hydrogen) atoms. The number of hydrogen-bond acceptors (Lipinski definition) is 3. The minimum Gasteiger partial charge on any atom is -0.443 e. The van der Waals surface area contributed by atoms with Gasteiger partial charge in [-0.25, -0.2) is 4.79 Å². The predicted molar refractivity (Wildman–Crippen MR) is 97.6 cm³/mol. The smallest absolute Gasteiger partial charge is 0.407 e. The van der Waals surface area contributed by atoms with Crippen molar-refractivity contribution in [2.75, 3.05) is 6.61 Å². The summed E-state index contributed by atoms with van der Waals surface area (Å²) in [6.45, 7) is 11.9. The fourth-order valence-corrected chi connectivity index (χ4v) is 1.83. The van der Waals surface area contributed by atoms with Gasteiger partial charge in [0.1, 0.15) is 5.60 Å². The van der Waals surface area contributed by atoms with Gasteiger partial charge in [0.05, 0.1) is 0 Å². The Bertz CT molecular complexity index is 435. The lowest BCUT2D eigenvalue weighted by Gasteiger charge is -2.30. The number of nitrogens with one attached hydrogen (secondary N) is 1. The summed E-state index contributed by atoms with van der Waals surface area (Å²) in [5.41, 5.74) is 0.611. The van der Waals surface area contributed by atoms with Crippen LogP contribution in [-0.2, 0) is 11.2 Å². The van der Waals surface area contributed by atoms with Gasteiger partial charge in [0.2, 0.25) is 0 Å². The van der Waals surface area contributed by atoms with Gasteiger partial charge in [0, 0.05) is 14.1 Å². The molecule has 134 valence electrons. The Hall–Kier alpha value is -1.55. The van der Waals surface area contributed by atoms with Gasteiger partial charge in [-0.05, 0) is 38.2 Å². The largest absolute Gasteiger partial charge is 0.443 e. The molecule has 0 aliphatic rings. The highest BCUT2D eigenvalue weighted by Crippen LogP contribution is 2.20. The lowest BCUT2D eigenvalue weighted by molar-refractivity contribution is 0.00328. The molecule has 1 rings (SSSR count). The van der Waals surface area contributed by atoms with Gasteiger partial charge in [0.25, 0.3) is 0 Å². The summed E-state index contributed by atoms with van der Waals surface area (Å²) in [6.07, 6.45) is 0.758. The van der Waals surface area contributed by atoms with Gasteiger partial charge in [-0.2, -0.15) is 0 Å². The third-order valence-electron chi connectivity index (χ3n) is 3.87. The Morgan fingerprint density at radius 3 is 2.30 bits per heavy atom. The van der Waals surface area contributed by atoms with Gasteiger partial charge < -0.3 is 15.2 Å². The molecule has 4 nitrogen and oxygen atoms in total. The maximum Gasteiger partial charge on any atom is 0.407 e. The average molecular weight is 325 g/mol. The van der Waals surface area contributed by atoms with Crippen LogP contribution < -0.4 is 5.32 Å². The summed E-state index contributed by atoms with van der Waals surface area (Å²) in [7, 11) is 0. The molecule has 1 aromatic carbocycles. The van der Waals surface area contributed by atoms with Crippen molar-refractivity contribution in [1.82, 2.24) is 5.32 Å². The average Bonchev–Trinajstić information content (AvgIpc) is 2.49. The van der Waals surface area contributed by atoms with Crippen LogP contribution in [0.5, 0.6) is 0 Å². The molecule has 1 atom stereocenters. The first kappa shape index (κ1) is 21.4. The van der Waals surface area contributed by atoms with E-state index in [0.29, 0.717) is 12.8 Å². The van der Waals surface area contributed by atoms with Gasteiger partial charge >= 0.3 is 6.09 Å². The molecule has 0 heterocycles. The van der Waals surface area contributed by atoms with Crippen LogP contribution in [0.3, 0.4) is 0 Å². The standard InChI is InChI=1S/C17H27NO3.C2H6.H2/c1-13(2)17(3,4)21-16(20)18-15(10-11-19)12-14-8-6-5-7-9-14;1-2;/h5-9,13,15,19H,10-12H2,1-4H3,(H,18,20);1-2H3;1H/t15-;;/m1../s1. The van der Waals surface area contributed by atoms with E-state index in [2.05, 4.69) is 5.32 Å². The van der Waals surface area contributed by atoms with Crippen molar-refractivity contribution in [1.29, 1.82) is 0 Å². The molecule has 0 saturated carbocycles. The van der Waals surface area contributed by atoms with Crippen LogP contribution in [0.2, 0.25) is 0 Å². The lowest BCUT2D eigenvalue weighted by Crippen LogP contribution is -2.43. The molecular weight excluding hydrogens is 290 g/mol. The zero-order valence-corrected chi connectivity index (χ0v) is 15.4. The fourth-order valence-electron chi connectivity index (χ4n) is 1.83. The van der Waals surface area contributed by atoms with E-state index in [1.165, 1.54) is 0 Å². The number of rotatable bonds is 7. The Labute approximate surface area is 142 Å². The highest BCUT2D eigenvalue weighted by atomic mass is 16.6. The van der Waals surface area contributed by atoms with Crippen LogP contribution in [0.1, 0.15) is 55.0 Å². The molecule has 2 N–H and O–H groups in total. The van der Waals surface area contributed by atoms with Gasteiger partial charge in [-0.1, -0.05) is 58.0 Å². The first-order chi connectivity index (χ1) is 10.8. The number of alkyl carbamates (subject to hydrolysis) is 1. The van der Waals surface area contributed by atoms with Gasteiger partial charge in [0.15, 0.2) is 0 Å². The van der Waals surface area contributed by atoms with E-state index in [1.807, 2.05) is 71.9 Å². The van der Waals surface area contributed by atoms with Crippen molar-refractivity contribution in [3.63, 3.8) is 0 Å². The summed E-state index contributed by atoms with van der Waals surface area (Å²) in [5, 5.41) is 12.0. The summed E-state index contributed by atoms with van der Waals surface area (Å²) >= 11 is 0. The normalized spacial score (nSPS) is 12.2. The molecule has 1 amide bonds. The number of benzene rings is 1. The van der Waals surface area contributed by atoms with Crippen molar-refractivity contribution in [3.05, 3.63) is 35.9 Å². The Balaban J connectivity index is 0. The maximum absolute atomic E-state index is 12.0. The first-order valence-corrected chi connectivity index (χ1v) is 8.49. The number of aliphatic hydroxyl groups is 1. The summed E-state index contributed by atoms with van der Waals surface area (Å²) in [5.74, 6) is 0.230. The minimum atomic E-state index is -0.513. The van der Waals surface area contributed by atoms with Crippen molar-refractivity contribution in [2.45, 2.75) is 66.0 Å². The van der Waals surface area contributed by atoms with E-state index in [1.54, 1.807) is 0 Å². The summed E-state index contributed by atoms with van der Waals surface area (Å²) in [6, 6.07) is 9.77. The zero-order valence-electron chi connectivity index (χ0n) is 15.4. The molecular formula is C19H35NO3. The van der Waals surface area contributed by atoms with Crippen LogP contribution >= 0.6 is 0 Å². The summed E-state index contributed by atoms with van der Waals surface area (Å²) < 4.78 is 5.48.